The van der Waals surface area contributed by atoms with Crippen LogP contribution in [0.1, 0.15) is 25.3 Å². The average Bonchev–Trinajstić information content (AvgIpc) is 2.48. The highest BCUT2D eigenvalue weighted by Gasteiger charge is 2.18. The Morgan fingerprint density at radius 1 is 1.43 bits per heavy atom. The number of carbonyl (C=O) groups excluding carboxylic acids is 1. The van der Waals surface area contributed by atoms with Crippen LogP contribution in [-0.4, -0.2) is 37.7 Å². The number of morpholine rings is 1. The van der Waals surface area contributed by atoms with E-state index in [1.165, 1.54) is 5.56 Å². The Balaban J connectivity index is 1.58. The van der Waals surface area contributed by atoms with E-state index in [0.717, 1.165) is 44.0 Å². The van der Waals surface area contributed by atoms with Crippen LogP contribution in [0.3, 0.4) is 0 Å². The lowest BCUT2D eigenvalue weighted by Gasteiger charge is -2.27. The van der Waals surface area contributed by atoms with Crippen LogP contribution in [0.15, 0.2) is 18.2 Å². The summed E-state index contributed by atoms with van der Waals surface area (Å²) in [6, 6.07) is 6.98. The molecule has 2 aliphatic heterocycles. The number of anilines is 2. The Morgan fingerprint density at radius 3 is 3.14 bits per heavy atom. The molecule has 3 rings (SSSR count). The highest BCUT2D eigenvalue weighted by atomic mass is 16.5. The van der Waals surface area contributed by atoms with Crippen LogP contribution >= 0.6 is 0 Å². The van der Waals surface area contributed by atoms with Gasteiger partial charge in [-0.15, -0.1) is 0 Å². The van der Waals surface area contributed by atoms with Gasteiger partial charge in [0.1, 0.15) is 0 Å². The van der Waals surface area contributed by atoms with Crippen molar-refractivity contribution in [2.75, 3.05) is 30.4 Å². The molecule has 1 fully saturated rings. The fourth-order valence-electron chi connectivity index (χ4n) is 3.01. The maximum absolute atomic E-state index is 11.4. The van der Waals surface area contributed by atoms with Crippen LogP contribution in [0, 0.1) is 0 Å². The number of aryl methyl sites for hydroxylation is 1. The third-order valence-electron chi connectivity index (χ3n) is 4.05. The van der Waals surface area contributed by atoms with E-state index < -0.39 is 0 Å². The second-order valence-electron chi connectivity index (χ2n) is 5.93. The molecule has 0 spiro atoms. The van der Waals surface area contributed by atoms with Gasteiger partial charge in [0.05, 0.1) is 13.2 Å². The van der Waals surface area contributed by atoms with Crippen LogP contribution < -0.4 is 16.0 Å². The molecule has 0 bridgehead atoms. The molecule has 21 heavy (non-hydrogen) atoms. The Hall–Kier alpha value is -1.59. The smallest absolute Gasteiger partial charge is 0.224 e. The number of carbonyl (C=O) groups is 1. The molecule has 0 radical (unpaired) electrons. The first kappa shape index (κ1) is 14.4. The van der Waals surface area contributed by atoms with Gasteiger partial charge in [-0.25, -0.2) is 0 Å². The highest BCUT2D eigenvalue weighted by molar-refractivity contribution is 5.94. The zero-order valence-electron chi connectivity index (χ0n) is 12.4. The molecule has 0 saturated carbocycles. The predicted octanol–water partition coefficient (Wildman–Crippen LogP) is 1.75. The molecule has 0 aliphatic carbocycles. The Morgan fingerprint density at radius 2 is 2.33 bits per heavy atom. The molecule has 2 unspecified atom stereocenters. The van der Waals surface area contributed by atoms with Crippen molar-refractivity contribution in [1.82, 2.24) is 5.32 Å². The van der Waals surface area contributed by atoms with Gasteiger partial charge < -0.3 is 20.7 Å². The minimum absolute atomic E-state index is 0.111. The second-order valence-corrected chi connectivity index (χ2v) is 5.93. The molecule has 2 atom stereocenters. The Kier molecular flexibility index (Phi) is 4.41. The summed E-state index contributed by atoms with van der Waals surface area (Å²) >= 11 is 0. The fraction of sp³-hybridized carbons (Fsp3) is 0.562. The average molecular weight is 289 g/mol. The number of nitrogens with one attached hydrogen (secondary N) is 3. The van der Waals surface area contributed by atoms with Crippen molar-refractivity contribution in [2.45, 2.75) is 38.3 Å². The van der Waals surface area contributed by atoms with Crippen LogP contribution in [0.25, 0.3) is 0 Å². The van der Waals surface area contributed by atoms with Crippen LogP contribution in [0.2, 0.25) is 0 Å². The summed E-state index contributed by atoms with van der Waals surface area (Å²) in [5.41, 5.74) is 3.28. The molecule has 0 aromatic heterocycles. The number of hydrogen-bond donors (Lipinski definition) is 3. The van der Waals surface area contributed by atoms with Gasteiger partial charge in [-0.05, 0) is 43.5 Å². The molecule has 2 heterocycles. The Labute approximate surface area is 125 Å². The number of ether oxygens (including phenoxy) is 1. The van der Waals surface area contributed by atoms with Crippen LogP contribution in [0.5, 0.6) is 0 Å². The number of benzene rings is 1. The van der Waals surface area contributed by atoms with E-state index in [1.807, 2.05) is 12.1 Å². The van der Waals surface area contributed by atoms with Gasteiger partial charge >= 0.3 is 0 Å². The first-order valence-corrected chi connectivity index (χ1v) is 7.71. The van der Waals surface area contributed by atoms with Crippen molar-refractivity contribution in [1.29, 1.82) is 0 Å². The Bertz CT molecular complexity index is 512. The van der Waals surface area contributed by atoms with Crippen molar-refractivity contribution >= 4 is 17.3 Å². The maximum Gasteiger partial charge on any atom is 0.224 e. The van der Waals surface area contributed by atoms with E-state index in [0.29, 0.717) is 18.5 Å². The molecule has 2 aliphatic rings. The third-order valence-corrected chi connectivity index (χ3v) is 4.05. The standard InChI is InChI=1S/C16H23N3O2/c1-11(8-14-10-21-7-6-17-14)18-13-3-4-15-12(9-13)2-5-16(20)19-15/h3-4,9,11,14,17-18H,2,5-8,10H2,1H3,(H,19,20). The molecular weight excluding hydrogens is 266 g/mol. The normalized spacial score (nSPS) is 23.1. The predicted molar refractivity (Wildman–Crippen MR) is 83.7 cm³/mol. The first-order valence-electron chi connectivity index (χ1n) is 7.71. The van der Waals surface area contributed by atoms with E-state index in [-0.39, 0.29) is 5.91 Å². The molecule has 1 aromatic carbocycles. The lowest BCUT2D eigenvalue weighted by atomic mass is 10.0. The summed E-state index contributed by atoms with van der Waals surface area (Å²) in [4.78, 5) is 11.4. The van der Waals surface area contributed by atoms with Crippen molar-refractivity contribution < 1.29 is 9.53 Å². The zero-order valence-corrected chi connectivity index (χ0v) is 12.4. The van der Waals surface area contributed by atoms with Gasteiger partial charge in [-0.1, -0.05) is 0 Å². The van der Waals surface area contributed by atoms with Crippen molar-refractivity contribution in [3.8, 4) is 0 Å². The van der Waals surface area contributed by atoms with E-state index >= 15 is 0 Å². The number of rotatable bonds is 4. The molecule has 114 valence electrons. The quantitative estimate of drug-likeness (QED) is 0.790. The fourth-order valence-corrected chi connectivity index (χ4v) is 3.01. The van der Waals surface area contributed by atoms with E-state index in [9.17, 15) is 4.79 Å². The van der Waals surface area contributed by atoms with Crippen molar-refractivity contribution in [2.24, 2.45) is 0 Å². The summed E-state index contributed by atoms with van der Waals surface area (Å²) in [7, 11) is 0. The van der Waals surface area contributed by atoms with Gasteiger partial charge in [-0.2, -0.15) is 0 Å². The van der Waals surface area contributed by atoms with Crippen molar-refractivity contribution in [3.05, 3.63) is 23.8 Å². The topological polar surface area (TPSA) is 62.4 Å². The maximum atomic E-state index is 11.4. The minimum Gasteiger partial charge on any atom is -0.383 e. The lowest BCUT2D eigenvalue weighted by molar-refractivity contribution is -0.116. The van der Waals surface area contributed by atoms with Gasteiger partial charge in [0.25, 0.3) is 0 Å². The molecular formula is C16H23N3O2. The van der Waals surface area contributed by atoms with Gasteiger partial charge in [0, 0.05) is 36.4 Å². The van der Waals surface area contributed by atoms with Crippen molar-refractivity contribution in [3.63, 3.8) is 0 Å². The van der Waals surface area contributed by atoms with Gasteiger partial charge in [0.15, 0.2) is 0 Å². The van der Waals surface area contributed by atoms with Gasteiger partial charge in [0.2, 0.25) is 5.91 Å². The number of amides is 1. The van der Waals surface area contributed by atoms with E-state index in [1.54, 1.807) is 0 Å². The summed E-state index contributed by atoms with van der Waals surface area (Å²) in [6.07, 6.45) is 2.44. The number of hydrogen-bond acceptors (Lipinski definition) is 4. The largest absolute Gasteiger partial charge is 0.383 e. The lowest BCUT2D eigenvalue weighted by Crippen LogP contribution is -2.43. The molecule has 5 nitrogen and oxygen atoms in total. The highest BCUT2D eigenvalue weighted by Crippen LogP contribution is 2.26. The van der Waals surface area contributed by atoms with Crippen LogP contribution in [0.4, 0.5) is 11.4 Å². The summed E-state index contributed by atoms with van der Waals surface area (Å²) in [6.45, 7) is 4.74. The molecule has 1 aromatic rings. The zero-order chi connectivity index (χ0) is 14.7. The molecule has 1 amide bonds. The summed E-state index contributed by atoms with van der Waals surface area (Å²) in [5, 5.41) is 9.93. The summed E-state index contributed by atoms with van der Waals surface area (Å²) < 4.78 is 5.49. The first-order chi connectivity index (χ1) is 10.2. The monoisotopic (exact) mass is 289 g/mol. The van der Waals surface area contributed by atoms with E-state index in [4.69, 9.17) is 4.74 Å². The van der Waals surface area contributed by atoms with Gasteiger partial charge in [-0.3, -0.25) is 4.79 Å². The molecule has 1 saturated heterocycles. The molecule has 5 heteroatoms. The molecule has 3 N–H and O–H groups in total. The third kappa shape index (κ3) is 3.74. The SMILES string of the molecule is CC(CC1COCCN1)Nc1ccc2c(c1)CCC(=O)N2. The van der Waals surface area contributed by atoms with E-state index in [2.05, 4.69) is 28.9 Å². The van der Waals surface area contributed by atoms with Crippen LogP contribution in [-0.2, 0) is 16.0 Å². The minimum atomic E-state index is 0.111. The number of fused-ring (bicyclic) bond motifs is 1. The second kappa shape index (κ2) is 6.45. The summed E-state index contributed by atoms with van der Waals surface area (Å²) in [5.74, 6) is 0.111.